The monoisotopic (exact) mass is 557 g/mol. The fourth-order valence-electron chi connectivity index (χ4n) is 5.71. The molecule has 1 amide bonds. The summed E-state index contributed by atoms with van der Waals surface area (Å²) in [5.74, 6) is 2.19. The highest BCUT2D eigenvalue weighted by molar-refractivity contribution is 7.99. The third-order valence-corrected chi connectivity index (χ3v) is 8.70. The molecule has 1 fully saturated rings. The Kier molecular flexibility index (Phi) is 8.45. The maximum atomic E-state index is 13.8. The number of carbonyl (C=O) groups excluding carboxylic acids is 1. The van der Waals surface area contributed by atoms with Gasteiger partial charge in [-0.1, -0.05) is 103 Å². The molecular weight excluding hydrogens is 522 g/mol. The molecule has 0 saturated carbocycles. The fraction of sp³-hybridized carbons (Fsp3) is 0.222. The molecule has 4 aromatic carbocycles. The van der Waals surface area contributed by atoms with Crippen LogP contribution < -0.4 is 0 Å². The normalized spacial score (nSPS) is 14.3. The summed E-state index contributed by atoms with van der Waals surface area (Å²) < 4.78 is 0. The molecule has 6 rings (SSSR count). The maximum absolute atomic E-state index is 13.8. The first-order valence-electron chi connectivity index (χ1n) is 14.3. The van der Waals surface area contributed by atoms with E-state index in [0.29, 0.717) is 13.1 Å². The van der Waals surface area contributed by atoms with E-state index in [9.17, 15) is 4.79 Å². The minimum absolute atomic E-state index is 0.174. The van der Waals surface area contributed by atoms with Crippen molar-refractivity contribution in [1.82, 2.24) is 14.8 Å². The van der Waals surface area contributed by atoms with Gasteiger partial charge < -0.3 is 4.90 Å². The SMILES string of the molecule is Cc1ccc2nc(-c3ccccc3)c(C(c3ccccc3)N(CC(=O)N3CCSCC3)Cc3ccccc3)cc2c1. The van der Waals surface area contributed by atoms with Gasteiger partial charge in [-0.15, -0.1) is 0 Å². The van der Waals surface area contributed by atoms with Crippen molar-refractivity contribution in [3.05, 3.63) is 138 Å². The van der Waals surface area contributed by atoms with Crippen LogP contribution in [0, 0.1) is 6.92 Å². The van der Waals surface area contributed by atoms with Gasteiger partial charge in [0.15, 0.2) is 0 Å². The lowest BCUT2D eigenvalue weighted by Crippen LogP contribution is -2.45. The average molecular weight is 558 g/mol. The number of carbonyl (C=O) groups is 1. The molecule has 0 radical (unpaired) electrons. The Morgan fingerprint density at radius 2 is 1.51 bits per heavy atom. The molecule has 41 heavy (non-hydrogen) atoms. The first-order valence-corrected chi connectivity index (χ1v) is 15.5. The first kappa shape index (κ1) is 27.3. The summed E-state index contributed by atoms with van der Waals surface area (Å²) in [6, 6.07) is 40.1. The molecule has 1 aliphatic rings. The number of pyridine rings is 1. The van der Waals surface area contributed by atoms with E-state index in [4.69, 9.17) is 4.98 Å². The molecule has 5 heteroatoms. The number of fused-ring (bicyclic) bond motifs is 1. The maximum Gasteiger partial charge on any atom is 0.236 e. The van der Waals surface area contributed by atoms with Crippen molar-refractivity contribution in [3.63, 3.8) is 0 Å². The molecule has 5 aromatic rings. The molecule has 0 N–H and O–H groups in total. The molecular formula is C36H35N3OS. The highest BCUT2D eigenvalue weighted by Crippen LogP contribution is 2.38. The zero-order valence-electron chi connectivity index (χ0n) is 23.4. The summed E-state index contributed by atoms with van der Waals surface area (Å²) in [6.07, 6.45) is 0. The fourth-order valence-corrected chi connectivity index (χ4v) is 6.62. The minimum Gasteiger partial charge on any atom is -0.340 e. The van der Waals surface area contributed by atoms with Crippen LogP contribution >= 0.6 is 11.8 Å². The van der Waals surface area contributed by atoms with E-state index in [2.05, 4.69) is 115 Å². The van der Waals surface area contributed by atoms with Crippen LogP contribution in [0.5, 0.6) is 0 Å². The minimum atomic E-state index is -0.174. The van der Waals surface area contributed by atoms with Crippen molar-refractivity contribution in [1.29, 1.82) is 0 Å². The molecule has 1 unspecified atom stereocenters. The number of amides is 1. The molecule has 1 aliphatic heterocycles. The number of hydrogen-bond donors (Lipinski definition) is 0. The summed E-state index contributed by atoms with van der Waals surface area (Å²) in [5.41, 5.74) is 7.64. The van der Waals surface area contributed by atoms with Crippen LogP contribution in [0.2, 0.25) is 0 Å². The van der Waals surface area contributed by atoms with Gasteiger partial charge in [-0.2, -0.15) is 11.8 Å². The second-order valence-corrected chi connectivity index (χ2v) is 11.9. The predicted molar refractivity (Wildman–Crippen MR) is 171 cm³/mol. The number of benzene rings is 4. The number of aromatic nitrogens is 1. The van der Waals surface area contributed by atoms with Crippen LogP contribution in [-0.2, 0) is 11.3 Å². The van der Waals surface area contributed by atoms with Crippen molar-refractivity contribution >= 4 is 28.6 Å². The number of thioether (sulfide) groups is 1. The van der Waals surface area contributed by atoms with Gasteiger partial charge in [-0.3, -0.25) is 9.69 Å². The van der Waals surface area contributed by atoms with Crippen LogP contribution in [0.4, 0.5) is 0 Å². The molecule has 0 spiro atoms. The van der Waals surface area contributed by atoms with Crippen molar-refractivity contribution in [2.24, 2.45) is 0 Å². The Morgan fingerprint density at radius 3 is 2.22 bits per heavy atom. The van der Waals surface area contributed by atoms with Crippen LogP contribution in [-0.4, -0.2) is 51.8 Å². The van der Waals surface area contributed by atoms with Crippen LogP contribution in [0.3, 0.4) is 0 Å². The highest BCUT2D eigenvalue weighted by atomic mass is 32.2. The number of rotatable bonds is 8. The molecule has 4 nitrogen and oxygen atoms in total. The second-order valence-electron chi connectivity index (χ2n) is 10.7. The summed E-state index contributed by atoms with van der Waals surface area (Å²) in [5, 5.41) is 1.11. The number of hydrogen-bond acceptors (Lipinski definition) is 4. The molecule has 1 saturated heterocycles. The van der Waals surface area contributed by atoms with E-state index in [1.54, 1.807) is 0 Å². The summed E-state index contributed by atoms with van der Waals surface area (Å²) in [7, 11) is 0. The van der Waals surface area contributed by atoms with Gasteiger partial charge in [-0.25, -0.2) is 4.98 Å². The lowest BCUT2D eigenvalue weighted by molar-refractivity contribution is -0.132. The highest BCUT2D eigenvalue weighted by Gasteiger charge is 2.30. The Morgan fingerprint density at radius 1 is 0.854 bits per heavy atom. The Labute approximate surface area is 247 Å². The van der Waals surface area contributed by atoms with Gasteiger partial charge in [0.05, 0.1) is 23.8 Å². The standard InChI is InChI=1S/C36H35N3OS/c1-27-17-18-33-31(23-27)24-32(35(37-33)29-13-7-3-8-14-29)36(30-15-9-4-10-16-30)39(25-28-11-5-2-6-12-28)26-34(40)38-19-21-41-22-20-38/h2-18,23-24,36H,19-22,25-26H2,1H3. The molecule has 1 atom stereocenters. The van der Waals surface area contributed by atoms with E-state index >= 15 is 0 Å². The first-order chi connectivity index (χ1) is 20.2. The topological polar surface area (TPSA) is 36.4 Å². The van der Waals surface area contributed by atoms with Gasteiger partial charge in [0.1, 0.15) is 0 Å². The molecule has 0 aliphatic carbocycles. The smallest absolute Gasteiger partial charge is 0.236 e. The van der Waals surface area contributed by atoms with Crippen molar-refractivity contribution in [2.75, 3.05) is 31.1 Å². The number of aryl methyl sites for hydroxylation is 1. The van der Waals surface area contributed by atoms with Gasteiger partial charge in [-0.05, 0) is 36.2 Å². The zero-order chi connectivity index (χ0) is 28.0. The van der Waals surface area contributed by atoms with Crippen LogP contribution in [0.1, 0.15) is 28.3 Å². The lowest BCUT2D eigenvalue weighted by Gasteiger charge is -2.35. The summed E-state index contributed by atoms with van der Waals surface area (Å²) in [4.78, 5) is 23.5. The lowest BCUT2D eigenvalue weighted by atomic mass is 9.91. The van der Waals surface area contributed by atoms with Crippen molar-refractivity contribution in [2.45, 2.75) is 19.5 Å². The van der Waals surface area contributed by atoms with E-state index in [0.717, 1.165) is 57.9 Å². The summed E-state index contributed by atoms with van der Waals surface area (Å²) in [6.45, 7) is 4.72. The van der Waals surface area contributed by atoms with Crippen molar-refractivity contribution < 1.29 is 4.79 Å². The van der Waals surface area contributed by atoms with E-state index < -0.39 is 0 Å². The predicted octanol–water partition coefficient (Wildman–Crippen LogP) is 7.38. The summed E-state index contributed by atoms with van der Waals surface area (Å²) >= 11 is 1.92. The molecule has 206 valence electrons. The van der Waals surface area contributed by atoms with Gasteiger partial charge in [0.2, 0.25) is 5.91 Å². The van der Waals surface area contributed by atoms with E-state index in [1.165, 1.54) is 11.1 Å². The van der Waals surface area contributed by atoms with Crippen molar-refractivity contribution in [3.8, 4) is 11.3 Å². The van der Waals surface area contributed by atoms with Gasteiger partial charge in [0, 0.05) is 47.7 Å². The van der Waals surface area contributed by atoms with Gasteiger partial charge >= 0.3 is 0 Å². The van der Waals surface area contributed by atoms with Crippen LogP contribution in [0.25, 0.3) is 22.2 Å². The third kappa shape index (κ3) is 6.37. The largest absolute Gasteiger partial charge is 0.340 e. The average Bonchev–Trinajstić information content (AvgIpc) is 3.02. The number of nitrogens with zero attached hydrogens (tertiary/aromatic N) is 3. The van der Waals surface area contributed by atoms with E-state index in [1.807, 2.05) is 28.8 Å². The quantitative estimate of drug-likeness (QED) is 0.200. The Bertz CT molecular complexity index is 1600. The zero-order valence-corrected chi connectivity index (χ0v) is 24.3. The van der Waals surface area contributed by atoms with E-state index in [-0.39, 0.29) is 11.9 Å². The van der Waals surface area contributed by atoms with Gasteiger partial charge in [0.25, 0.3) is 0 Å². The molecule has 1 aromatic heterocycles. The Hall–Kier alpha value is -3.93. The molecule has 0 bridgehead atoms. The Balaban J connectivity index is 1.54. The third-order valence-electron chi connectivity index (χ3n) is 7.75. The van der Waals surface area contributed by atoms with Crippen LogP contribution in [0.15, 0.2) is 115 Å². The second kappa shape index (κ2) is 12.7. The molecule has 2 heterocycles.